The molecule has 1 heterocycles. The summed E-state index contributed by atoms with van der Waals surface area (Å²) in [5.41, 5.74) is 1.04. The van der Waals surface area contributed by atoms with Crippen molar-refractivity contribution in [2.24, 2.45) is 5.92 Å². The summed E-state index contributed by atoms with van der Waals surface area (Å²) in [6, 6.07) is 4.24. The SMILES string of the molecule is Cc1ccc(-c2nnnn2C(C)C(C)C(=O)O)c(F)c1. The molecule has 0 bridgehead atoms. The summed E-state index contributed by atoms with van der Waals surface area (Å²) in [6.45, 7) is 5.03. The molecule has 2 atom stereocenters. The molecular formula is C13H15FN4O2. The van der Waals surface area contributed by atoms with Crippen LogP contribution in [0.3, 0.4) is 0 Å². The number of nitrogens with zero attached hydrogens (tertiary/aromatic N) is 4. The lowest BCUT2D eigenvalue weighted by Gasteiger charge is -2.17. The summed E-state index contributed by atoms with van der Waals surface area (Å²) in [5, 5.41) is 20.2. The van der Waals surface area contributed by atoms with Crippen molar-refractivity contribution < 1.29 is 14.3 Å². The highest BCUT2D eigenvalue weighted by atomic mass is 19.1. The first-order valence-electron chi connectivity index (χ1n) is 6.19. The van der Waals surface area contributed by atoms with Gasteiger partial charge < -0.3 is 5.11 Å². The van der Waals surface area contributed by atoms with Gasteiger partial charge in [-0.3, -0.25) is 4.79 Å². The van der Waals surface area contributed by atoms with Crippen molar-refractivity contribution in [1.82, 2.24) is 20.2 Å². The summed E-state index contributed by atoms with van der Waals surface area (Å²) in [7, 11) is 0. The van der Waals surface area contributed by atoms with Gasteiger partial charge >= 0.3 is 5.97 Å². The molecule has 0 amide bonds. The quantitative estimate of drug-likeness (QED) is 0.925. The smallest absolute Gasteiger partial charge is 0.308 e. The third kappa shape index (κ3) is 2.52. The predicted octanol–water partition coefficient (Wildman–Crippen LogP) is 2.07. The van der Waals surface area contributed by atoms with Crippen LogP contribution in [0.2, 0.25) is 0 Å². The molecule has 2 unspecified atom stereocenters. The molecule has 0 saturated carbocycles. The lowest BCUT2D eigenvalue weighted by Crippen LogP contribution is -2.23. The zero-order valence-electron chi connectivity index (χ0n) is 11.4. The molecule has 0 radical (unpaired) electrons. The Hall–Kier alpha value is -2.31. The van der Waals surface area contributed by atoms with E-state index in [4.69, 9.17) is 5.11 Å². The van der Waals surface area contributed by atoms with E-state index in [0.29, 0.717) is 0 Å². The number of hydrogen-bond acceptors (Lipinski definition) is 4. The molecule has 0 aliphatic heterocycles. The number of aryl methyl sites for hydroxylation is 1. The Morgan fingerprint density at radius 2 is 2.10 bits per heavy atom. The minimum Gasteiger partial charge on any atom is -0.481 e. The molecule has 6 nitrogen and oxygen atoms in total. The minimum absolute atomic E-state index is 0.225. The molecule has 1 N–H and O–H groups in total. The summed E-state index contributed by atoms with van der Waals surface area (Å²) in [4.78, 5) is 11.0. The number of hydrogen-bond donors (Lipinski definition) is 1. The maximum absolute atomic E-state index is 14.0. The van der Waals surface area contributed by atoms with Crippen LogP contribution < -0.4 is 0 Å². The third-order valence-corrected chi connectivity index (χ3v) is 3.36. The van der Waals surface area contributed by atoms with E-state index >= 15 is 0 Å². The van der Waals surface area contributed by atoms with Crippen LogP contribution in [-0.4, -0.2) is 31.3 Å². The predicted molar refractivity (Wildman–Crippen MR) is 69.5 cm³/mol. The number of aliphatic carboxylic acids is 1. The Morgan fingerprint density at radius 1 is 1.40 bits per heavy atom. The number of carboxylic acids is 1. The molecule has 1 aromatic heterocycles. The van der Waals surface area contributed by atoms with E-state index < -0.39 is 23.7 Å². The van der Waals surface area contributed by atoms with Gasteiger partial charge in [-0.05, 0) is 48.9 Å². The van der Waals surface area contributed by atoms with Gasteiger partial charge in [-0.2, -0.15) is 0 Å². The number of aromatic nitrogens is 4. The largest absolute Gasteiger partial charge is 0.481 e. The third-order valence-electron chi connectivity index (χ3n) is 3.36. The van der Waals surface area contributed by atoms with Gasteiger partial charge in [-0.1, -0.05) is 6.07 Å². The van der Waals surface area contributed by atoms with Crippen molar-refractivity contribution in [2.45, 2.75) is 26.8 Å². The first-order chi connectivity index (χ1) is 9.41. The highest BCUT2D eigenvalue weighted by Crippen LogP contribution is 2.26. The van der Waals surface area contributed by atoms with Gasteiger partial charge in [-0.15, -0.1) is 5.10 Å². The molecule has 1 aromatic carbocycles. The Bertz CT molecular complexity index is 641. The molecule has 0 fully saturated rings. The average Bonchev–Trinajstić information content (AvgIpc) is 2.85. The lowest BCUT2D eigenvalue weighted by atomic mass is 10.0. The van der Waals surface area contributed by atoms with E-state index in [1.807, 2.05) is 0 Å². The first-order valence-corrected chi connectivity index (χ1v) is 6.19. The second-order valence-electron chi connectivity index (χ2n) is 4.80. The van der Waals surface area contributed by atoms with E-state index in [2.05, 4.69) is 15.5 Å². The van der Waals surface area contributed by atoms with Gasteiger partial charge in [0, 0.05) is 0 Å². The van der Waals surface area contributed by atoms with Crippen molar-refractivity contribution >= 4 is 5.97 Å². The van der Waals surface area contributed by atoms with Crippen molar-refractivity contribution in [3.05, 3.63) is 29.6 Å². The molecule has 0 saturated heterocycles. The molecule has 2 aromatic rings. The highest BCUT2D eigenvalue weighted by molar-refractivity contribution is 5.70. The van der Waals surface area contributed by atoms with Gasteiger partial charge in [-0.25, -0.2) is 9.07 Å². The van der Waals surface area contributed by atoms with Crippen LogP contribution in [0.1, 0.15) is 25.5 Å². The number of benzene rings is 1. The minimum atomic E-state index is -0.955. The van der Waals surface area contributed by atoms with Gasteiger partial charge in [0.25, 0.3) is 0 Å². The van der Waals surface area contributed by atoms with Crippen LogP contribution in [0.25, 0.3) is 11.4 Å². The van der Waals surface area contributed by atoms with Crippen LogP contribution in [0.15, 0.2) is 18.2 Å². The van der Waals surface area contributed by atoms with Crippen LogP contribution in [0, 0.1) is 18.7 Å². The normalized spacial score (nSPS) is 14.0. The fraction of sp³-hybridized carbons (Fsp3) is 0.385. The van der Waals surface area contributed by atoms with Gasteiger partial charge in [0.05, 0.1) is 17.5 Å². The summed E-state index contributed by atoms with van der Waals surface area (Å²) in [6.07, 6.45) is 0. The summed E-state index contributed by atoms with van der Waals surface area (Å²) in [5.74, 6) is -1.85. The molecule has 0 spiro atoms. The Labute approximate surface area is 115 Å². The number of tetrazole rings is 1. The van der Waals surface area contributed by atoms with Gasteiger partial charge in [0.15, 0.2) is 5.82 Å². The van der Waals surface area contributed by atoms with E-state index in [9.17, 15) is 9.18 Å². The molecule has 106 valence electrons. The maximum atomic E-state index is 14.0. The van der Waals surface area contributed by atoms with Gasteiger partial charge in [0.1, 0.15) is 5.82 Å². The maximum Gasteiger partial charge on any atom is 0.308 e. The molecular weight excluding hydrogens is 263 g/mol. The zero-order chi connectivity index (χ0) is 14.9. The Morgan fingerprint density at radius 3 is 2.70 bits per heavy atom. The molecule has 7 heteroatoms. The number of carbonyl (C=O) groups is 1. The highest BCUT2D eigenvalue weighted by Gasteiger charge is 2.25. The fourth-order valence-electron chi connectivity index (χ4n) is 1.86. The van der Waals surface area contributed by atoms with Crippen molar-refractivity contribution in [2.75, 3.05) is 0 Å². The second-order valence-corrected chi connectivity index (χ2v) is 4.80. The monoisotopic (exact) mass is 278 g/mol. The number of carboxylic acid groups (broad SMARTS) is 1. The molecule has 0 aliphatic rings. The van der Waals surface area contributed by atoms with Crippen molar-refractivity contribution in [3.63, 3.8) is 0 Å². The second kappa shape index (κ2) is 5.36. The Kier molecular flexibility index (Phi) is 3.78. The fourth-order valence-corrected chi connectivity index (χ4v) is 1.86. The summed E-state index contributed by atoms with van der Waals surface area (Å²) >= 11 is 0. The zero-order valence-corrected chi connectivity index (χ0v) is 11.4. The van der Waals surface area contributed by atoms with Crippen LogP contribution in [0.5, 0.6) is 0 Å². The topological polar surface area (TPSA) is 80.9 Å². The van der Waals surface area contributed by atoms with Crippen LogP contribution in [-0.2, 0) is 4.79 Å². The van der Waals surface area contributed by atoms with Crippen molar-refractivity contribution in [3.8, 4) is 11.4 Å². The lowest BCUT2D eigenvalue weighted by molar-refractivity contribution is -0.142. The summed E-state index contributed by atoms with van der Waals surface area (Å²) < 4.78 is 15.3. The van der Waals surface area contributed by atoms with E-state index in [1.165, 1.54) is 10.7 Å². The standard InChI is InChI=1S/C13H15FN4O2/c1-7-4-5-10(11(14)6-7)12-15-16-17-18(12)9(3)8(2)13(19)20/h4-6,8-9H,1-3H3,(H,19,20). The first kappa shape index (κ1) is 14.1. The van der Waals surface area contributed by atoms with E-state index in [-0.39, 0.29) is 11.4 Å². The number of halogens is 1. The molecule has 20 heavy (non-hydrogen) atoms. The van der Waals surface area contributed by atoms with Crippen LogP contribution >= 0.6 is 0 Å². The number of rotatable bonds is 4. The van der Waals surface area contributed by atoms with Crippen molar-refractivity contribution in [1.29, 1.82) is 0 Å². The Balaban J connectivity index is 2.45. The van der Waals surface area contributed by atoms with Crippen LogP contribution in [0.4, 0.5) is 4.39 Å². The van der Waals surface area contributed by atoms with Gasteiger partial charge in [0.2, 0.25) is 0 Å². The molecule has 2 rings (SSSR count). The van der Waals surface area contributed by atoms with E-state index in [1.54, 1.807) is 32.9 Å². The average molecular weight is 278 g/mol. The molecule has 0 aliphatic carbocycles. The van der Waals surface area contributed by atoms with E-state index in [0.717, 1.165) is 5.56 Å².